The van der Waals surface area contributed by atoms with Crippen LogP contribution in [0.2, 0.25) is 0 Å². The van der Waals surface area contributed by atoms with E-state index in [9.17, 15) is 27.6 Å². The summed E-state index contributed by atoms with van der Waals surface area (Å²) in [5.41, 5.74) is 1.57. The number of likely N-dealkylation sites (tertiary alicyclic amines) is 1. The summed E-state index contributed by atoms with van der Waals surface area (Å²) < 4.78 is 55.0. The predicted octanol–water partition coefficient (Wildman–Crippen LogP) is 3.29. The van der Waals surface area contributed by atoms with E-state index in [1.807, 2.05) is 6.07 Å². The van der Waals surface area contributed by atoms with E-state index < -0.39 is 34.1 Å². The monoisotopic (exact) mass is 906 g/mol. The highest BCUT2D eigenvalue weighted by molar-refractivity contribution is 7.91. The first-order valence-electron chi connectivity index (χ1n) is 22.3. The molecule has 0 radical (unpaired) electrons. The average molecular weight is 907 g/mol. The summed E-state index contributed by atoms with van der Waals surface area (Å²) in [4.78, 5) is 62.7. The molecule has 6 aliphatic heterocycles. The molecule has 5 N–H and O–H groups in total. The van der Waals surface area contributed by atoms with Gasteiger partial charge >= 0.3 is 12.2 Å². The summed E-state index contributed by atoms with van der Waals surface area (Å²) in [6.07, 6.45) is 5.00. The van der Waals surface area contributed by atoms with Gasteiger partial charge in [0.2, 0.25) is 21.7 Å². The molecule has 2 aromatic carbocycles. The number of amides is 4. The molecule has 0 aromatic heterocycles. The maximum absolute atomic E-state index is 14.1. The number of nitrogens with zero attached hydrogens (tertiary/aromatic N) is 3. The number of nitrogens with one attached hydrogen (secondary N) is 5. The van der Waals surface area contributed by atoms with E-state index in [1.54, 1.807) is 35.2 Å². The predicted molar refractivity (Wildman–Crippen MR) is 232 cm³/mol. The van der Waals surface area contributed by atoms with Gasteiger partial charge < -0.3 is 55.2 Å². The molecule has 346 valence electrons. The Morgan fingerprint density at radius 3 is 2.14 bits per heavy atom. The van der Waals surface area contributed by atoms with E-state index in [4.69, 9.17) is 33.7 Å². The van der Waals surface area contributed by atoms with E-state index >= 15 is 0 Å². The Balaban J connectivity index is 0.838. The molecule has 6 aliphatic rings. The normalized spacial score (nSPS) is 23.7. The molecule has 64 heavy (non-hydrogen) atoms. The molecule has 0 aliphatic carbocycles. The van der Waals surface area contributed by atoms with Crippen molar-refractivity contribution in [3.63, 3.8) is 0 Å². The first-order chi connectivity index (χ1) is 31.0. The SMILES string of the molecule is COC(=O)N[C@H](C(=O)NCCCCC1=NCC(c2ccc3c(c2)Oc2ccc(C4CN=C([C@@H]5CCCN5C(=O)[C@@H](NC(=O)OC)C5CCOCC5)N4)cc2S3(=O)=O)N1)C1CCOCC1. The summed E-state index contributed by atoms with van der Waals surface area (Å²) in [6, 6.07) is 8.08. The van der Waals surface area contributed by atoms with E-state index in [0.29, 0.717) is 103 Å². The largest absolute Gasteiger partial charge is 0.455 e. The highest BCUT2D eigenvalue weighted by Gasteiger charge is 2.42. The molecule has 19 nitrogen and oxygen atoms in total. The number of fused-ring (bicyclic) bond motifs is 2. The Labute approximate surface area is 372 Å². The van der Waals surface area contributed by atoms with Crippen molar-refractivity contribution in [3.05, 3.63) is 47.5 Å². The topological polar surface area (TPSA) is 237 Å². The zero-order valence-electron chi connectivity index (χ0n) is 36.3. The molecule has 20 heteroatoms. The molecule has 5 atom stereocenters. The highest BCUT2D eigenvalue weighted by Crippen LogP contribution is 2.45. The van der Waals surface area contributed by atoms with Crippen molar-refractivity contribution in [1.29, 1.82) is 0 Å². The van der Waals surface area contributed by atoms with Gasteiger partial charge in [-0.05, 0) is 98.6 Å². The van der Waals surface area contributed by atoms with Gasteiger partial charge in [-0.25, -0.2) is 18.0 Å². The molecular weight excluding hydrogens is 849 g/mol. The van der Waals surface area contributed by atoms with E-state index in [-0.39, 0.29) is 63.1 Å². The van der Waals surface area contributed by atoms with Crippen LogP contribution < -0.4 is 31.3 Å². The molecule has 4 amide bonds. The fraction of sp³-hybridized carbons (Fsp3) is 0.591. The number of amidine groups is 2. The number of alkyl carbamates (subject to hydrolysis) is 2. The van der Waals surface area contributed by atoms with Crippen LogP contribution in [0.3, 0.4) is 0 Å². The third kappa shape index (κ3) is 9.92. The Kier molecular flexibility index (Phi) is 14.2. The fourth-order valence-electron chi connectivity index (χ4n) is 9.48. The van der Waals surface area contributed by atoms with Gasteiger partial charge in [0.05, 0.1) is 51.3 Å². The van der Waals surface area contributed by atoms with E-state index in [1.165, 1.54) is 14.2 Å². The molecule has 2 aromatic rings. The van der Waals surface area contributed by atoms with Crippen LogP contribution >= 0.6 is 0 Å². The van der Waals surface area contributed by atoms with E-state index in [0.717, 1.165) is 29.8 Å². The maximum atomic E-state index is 14.1. The van der Waals surface area contributed by atoms with Crippen molar-refractivity contribution >= 4 is 45.5 Å². The second-order valence-electron chi connectivity index (χ2n) is 17.0. The number of sulfone groups is 1. The molecule has 3 saturated heterocycles. The second kappa shape index (κ2) is 20.1. The molecular formula is C44H58N8O11S. The number of unbranched alkanes of at least 4 members (excludes halogenated alkanes) is 1. The Bertz CT molecular complexity index is 2240. The number of rotatable bonds is 14. The van der Waals surface area contributed by atoms with Gasteiger partial charge in [0.15, 0.2) is 0 Å². The second-order valence-corrected chi connectivity index (χ2v) is 18.9. The summed E-state index contributed by atoms with van der Waals surface area (Å²) in [6.45, 7) is 3.95. The van der Waals surface area contributed by atoms with Gasteiger partial charge in [-0.2, -0.15) is 0 Å². The van der Waals surface area contributed by atoms with Crippen molar-refractivity contribution in [2.75, 3.05) is 66.8 Å². The molecule has 2 unspecified atom stereocenters. The number of carbonyl (C=O) groups excluding carboxylic acids is 4. The number of carbonyl (C=O) groups is 4. The third-order valence-electron chi connectivity index (χ3n) is 13.0. The zero-order chi connectivity index (χ0) is 44.8. The van der Waals surface area contributed by atoms with Gasteiger partial charge in [0, 0.05) is 45.9 Å². The van der Waals surface area contributed by atoms with Crippen LogP contribution in [0.1, 0.15) is 81.0 Å². The summed E-state index contributed by atoms with van der Waals surface area (Å²) in [5, 5.41) is 15.4. The molecule has 0 saturated carbocycles. The first kappa shape index (κ1) is 45.1. The standard InChI is InChI=1S/C44H58N8O11S/c1-59-43(55)50-38(26-12-18-61-19-13-26)41(53)45-16-4-3-7-37-46-24-30(48-37)28-9-11-35-34(22-28)63-33-10-8-29(23-36(33)64(35,57)58)31-25-47-40(49-31)32-6-5-17-52(32)42(54)39(51-44(56)60-2)27-14-20-62-21-15-27/h8-11,22-23,26-27,30-32,38-39H,3-7,12-21,24-25H2,1-2H3,(H,45,53)(H,46,48)(H,47,49)(H,50,55)(H,51,56)/t30?,31?,32-,38-,39-/m0/s1. The number of aliphatic imine (C=N–C) groups is 2. The van der Waals surface area contributed by atoms with Gasteiger partial charge in [-0.3, -0.25) is 19.6 Å². The Morgan fingerprint density at radius 2 is 1.42 bits per heavy atom. The number of methoxy groups -OCH3 is 2. The number of benzene rings is 2. The summed E-state index contributed by atoms with van der Waals surface area (Å²) >= 11 is 0. The van der Waals surface area contributed by atoms with Gasteiger partial charge in [0.25, 0.3) is 0 Å². The van der Waals surface area contributed by atoms with Crippen LogP contribution in [0.5, 0.6) is 11.5 Å². The maximum Gasteiger partial charge on any atom is 0.407 e. The fourth-order valence-corrected chi connectivity index (χ4v) is 11.0. The molecule has 6 heterocycles. The highest BCUT2D eigenvalue weighted by atomic mass is 32.2. The number of ether oxygens (including phenoxy) is 5. The number of hydrogen-bond acceptors (Lipinski definition) is 15. The minimum absolute atomic E-state index is 0.0272. The zero-order valence-corrected chi connectivity index (χ0v) is 37.1. The lowest BCUT2D eigenvalue weighted by atomic mass is 9.90. The number of hydrogen-bond donors (Lipinski definition) is 5. The average Bonchev–Trinajstić information content (AvgIpc) is 4.12. The lowest BCUT2D eigenvalue weighted by molar-refractivity contribution is -0.135. The molecule has 3 fully saturated rings. The molecule has 8 rings (SSSR count). The van der Waals surface area contributed by atoms with Crippen molar-refractivity contribution < 1.29 is 51.3 Å². The lowest BCUT2D eigenvalue weighted by Gasteiger charge is -2.34. The van der Waals surface area contributed by atoms with Crippen molar-refractivity contribution in [3.8, 4) is 11.5 Å². The Morgan fingerprint density at radius 1 is 0.781 bits per heavy atom. The van der Waals surface area contributed by atoms with Crippen LogP contribution in [-0.4, -0.2) is 134 Å². The van der Waals surface area contributed by atoms with E-state index in [2.05, 4.69) is 26.6 Å². The van der Waals surface area contributed by atoms with Crippen molar-refractivity contribution in [2.24, 2.45) is 21.8 Å². The van der Waals surface area contributed by atoms with Crippen LogP contribution in [-0.2, 0) is 38.4 Å². The van der Waals surface area contributed by atoms with Crippen molar-refractivity contribution in [1.82, 2.24) is 31.5 Å². The van der Waals surface area contributed by atoms with Gasteiger partial charge in [0.1, 0.15) is 39.2 Å². The summed E-state index contributed by atoms with van der Waals surface area (Å²) in [5.74, 6) is 1.47. The van der Waals surface area contributed by atoms with Crippen molar-refractivity contribution in [2.45, 2.75) is 97.8 Å². The third-order valence-corrected chi connectivity index (χ3v) is 14.9. The smallest absolute Gasteiger partial charge is 0.407 e. The molecule has 0 bridgehead atoms. The summed E-state index contributed by atoms with van der Waals surface area (Å²) in [7, 11) is -1.38. The minimum atomic E-state index is -3.94. The van der Waals surface area contributed by atoms with Crippen LogP contribution in [0.25, 0.3) is 0 Å². The first-order valence-corrected chi connectivity index (χ1v) is 23.8. The Hall–Kier alpha value is -5.47. The molecule has 0 spiro atoms. The lowest BCUT2D eigenvalue weighted by Crippen LogP contribution is -2.56. The van der Waals surface area contributed by atoms with Crippen LogP contribution in [0, 0.1) is 11.8 Å². The van der Waals surface area contributed by atoms with Crippen LogP contribution in [0.15, 0.2) is 56.2 Å². The minimum Gasteiger partial charge on any atom is -0.455 e. The van der Waals surface area contributed by atoms with Crippen LogP contribution in [0.4, 0.5) is 9.59 Å². The van der Waals surface area contributed by atoms with Gasteiger partial charge in [-0.1, -0.05) is 12.1 Å². The van der Waals surface area contributed by atoms with Gasteiger partial charge in [-0.15, -0.1) is 0 Å². The quantitative estimate of drug-likeness (QED) is 0.146.